The fraction of sp³-hybridized carbons (Fsp3) is 0.421. The minimum atomic E-state index is -0.477. The highest BCUT2D eigenvalue weighted by Gasteiger charge is 2.19. The van der Waals surface area contributed by atoms with E-state index < -0.39 is 11.2 Å². The minimum absolute atomic E-state index is 0.229. The Morgan fingerprint density at radius 1 is 1.15 bits per heavy atom. The van der Waals surface area contributed by atoms with E-state index in [1.54, 1.807) is 10.9 Å². The van der Waals surface area contributed by atoms with E-state index in [1.807, 2.05) is 51.1 Å². The molecule has 0 N–H and O–H groups in total. The van der Waals surface area contributed by atoms with Crippen LogP contribution in [0.25, 0.3) is 11.2 Å². The van der Waals surface area contributed by atoms with Crippen molar-refractivity contribution in [2.75, 3.05) is 6.61 Å². The number of nitrogens with zero attached hydrogens (tertiary/aromatic N) is 4. The first kappa shape index (κ1) is 18.0. The predicted molar refractivity (Wildman–Crippen MR) is 100 cm³/mol. The highest BCUT2D eigenvalue weighted by atomic mass is 16.7. The van der Waals surface area contributed by atoms with Crippen molar-refractivity contribution >= 4 is 11.2 Å². The van der Waals surface area contributed by atoms with Crippen LogP contribution < -0.4 is 16.1 Å². The molecule has 1 aromatic carbocycles. The Labute approximate surface area is 151 Å². The van der Waals surface area contributed by atoms with Gasteiger partial charge < -0.3 is 9.40 Å². The van der Waals surface area contributed by atoms with Gasteiger partial charge in [-0.05, 0) is 17.9 Å². The van der Waals surface area contributed by atoms with E-state index in [4.69, 9.17) is 4.84 Å². The van der Waals surface area contributed by atoms with E-state index in [0.717, 1.165) is 10.3 Å². The van der Waals surface area contributed by atoms with E-state index in [1.165, 1.54) is 4.57 Å². The first-order valence-corrected chi connectivity index (χ1v) is 8.90. The molecule has 0 atom stereocenters. The molecule has 0 bridgehead atoms. The fourth-order valence-electron chi connectivity index (χ4n) is 2.90. The summed E-state index contributed by atoms with van der Waals surface area (Å²) in [6.45, 7) is 7.22. The lowest BCUT2D eigenvalue weighted by Gasteiger charge is -2.14. The van der Waals surface area contributed by atoms with Gasteiger partial charge >= 0.3 is 11.2 Å². The Morgan fingerprint density at radius 2 is 1.88 bits per heavy atom. The average molecular weight is 356 g/mol. The van der Waals surface area contributed by atoms with Crippen molar-refractivity contribution in [3.63, 3.8) is 0 Å². The van der Waals surface area contributed by atoms with Crippen molar-refractivity contribution < 1.29 is 4.84 Å². The number of imidazole rings is 1. The second-order valence-electron chi connectivity index (χ2n) is 6.75. The Kier molecular flexibility index (Phi) is 5.25. The van der Waals surface area contributed by atoms with Gasteiger partial charge in [-0.15, -0.1) is 0 Å². The molecule has 0 radical (unpaired) electrons. The first-order chi connectivity index (χ1) is 12.5. The molecule has 0 aliphatic carbocycles. The molecule has 0 aliphatic rings. The predicted octanol–water partition coefficient (Wildman–Crippen LogP) is 1.90. The van der Waals surface area contributed by atoms with Crippen LogP contribution in [-0.2, 0) is 13.1 Å². The second-order valence-corrected chi connectivity index (χ2v) is 6.75. The minimum Gasteiger partial charge on any atom is -0.406 e. The topological polar surface area (TPSA) is 71.1 Å². The SMILES string of the molecule is CCCOn1c(=O)c2c(ncn2Cc2ccccc2)n(CC(C)C)c1=O. The molecule has 0 saturated carbocycles. The largest absolute Gasteiger partial charge is 0.406 e. The molecule has 7 heteroatoms. The van der Waals surface area contributed by atoms with Crippen LogP contribution >= 0.6 is 0 Å². The van der Waals surface area contributed by atoms with Gasteiger partial charge in [-0.1, -0.05) is 55.8 Å². The summed E-state index contributed by atoms with van der Waals surface area (Å²) in [5.74, 6) is 0.229. The van der Waals surface area contributed by atoms with E-state index >= 15 is 0 Å². The zero-order valence-electron chi connectivity index (χ0n) is 15.4. The standard InChI is InChI=1S/C19H24N4O3/c1-4-10-26-23-18(24)16-17(22(19(23)25)11-14(2)3)20-13-21(16)12-15-8-6-5-7-9-15/h5-9,13-14H,4,10-12H2,1-3H3. The maximum atomic E-state index is 12.9. The number of fused-ring (bicyclic) bond motifs is 1. The van der Waals surface area contributed by atoms with Gasteiger partial charge in [0.1, 0.15) is 6.61 Å². The fourth-order valence-corrected chi connectivity index (χ4v) is 2.90. The number of hydrogen-bond acceptors (Lipinski definition) is 4. The molecule has 2 aromatic heterocycles. The van der Waals surface area contributed by atoms with Crippen molar-refractivity contribution in [1.29, 1.82) is 0 Å². The van der Waals surface area contributed by atoms with E-state index in [-0.39, 0.29) is 5.92 Å². The maximum Gasteiger partial charge on any atom is 0.366 e. The Balaban J connectivity index is 2.20. The highest BCUT2D eigenvalue weighted by molar-refractivity contribution is 5.70. The summed E-state index contributed by atoms with van der Waals surface area (Å²) in [5, 5.41) is 0. The zero-order valence-corrected chi connectivity index (χ0v) is 15.4. The first-order valence-electron chi connectivity index (χ1n) is 8.90. The number of benzene rings is 1. The van der Waals surface area contributed by atoms with Crippen LogP contribution in [0.2, 0.25) is 0 Å². The Hall–Kier alpha value is -2.83. The molecule has 138 valence electrons. The smallest absolute Gasteiger partial charge is 0.366 e. The van der Waals surface area contributed by atoms with Crippen LogP contribution in [0.1, 0.15) is 32.8 Å². The molecule has 3 rings (SSSR count). The molecule has 0 fully saturated rings. The molecule has 0 saturated heterocycles. The number of rotatable bonds is 7. The second kappa shape index (κ2) is 7.59. The highest BCUT2D eigenvalue weighted by Crippen LogP contribution is 2.11. The van der Waals surface area contributed by atoms with Gasteiger partial charge in [0.25, 0.3) is 0 Å². The summed E-state index contributed by atoms with van der Waals surface area (Å²) >= 11 is 0. The van der Waals surface area contributed by atoms with Gasteiger partial charge in [0, 0.05) is 13.1 Å². The molecule has 7 nitrogen and oxygen atoms in total. The van der Waals surface area contributed by atoms with Crippen LogP contribution in [0.3, 0.4) is 0 Å². The molecule has 0 spiro atoms. The lowest BCUT2D eigenvalue weighted by Crippen LogP contribution is -2.45. The summed E-state index contributed by atoms with van der Waals surface area (Å²) in [6, 6.07) is 9.82. The normalized spacial score (nSPS) is 11.4. The quantitative estimate of drug-likeness (QED) is 0.648. The van der Waals surface area contributed by atoms with E-state index in [9.17, 15) is 9.59 Å². The molecular formula is C19H24N4O3. The van der Waals surface area contributed by atoms with Crippen LogP contribution in [0.4, 0.5) is 0 Å². The summed E-state index contributed by atoms with van der Waals surface area (Å²) in [4.78, 5) is 35.5. The lowest BCUT2D eigenvalue weighted by atomic mass is 10.2. The molecule has 26 heavy (non-hydrogen) atoms. The van der Waals surface area contributed by atoms with Crippen molar-refractivity contribution in [2.45, 2.75) is 40.3 Å². The van der Waals surface area contributed by atoms with Crippen molar-refractivity contribution in [3.05, 3.63) is 63.1 Å². The average Bonchev–Trinajstić information content (AvgIpc) is 3.03. The van der Waals surface area contributed by atoms with Gasteiger partial charge in [0.15, 0.2) is 11.2 Å². The lowest BCUT2D eigenvalue weighted by molar-refractivity contribution is 0.0892. The van der Waals surface area contributed by atoms with Crippen LogP contribution in [0.15, 0.2) is 46.2 Å². The summed E-state index contributed by atoms with van der Waals surface area (Å²) < 4.78 is 4.17. The third-order valence-electron chi connectivity index (χ3n) is 4.03. The Morgan fingerprint density at radius 3 is 2.54 bits per heavy atom. The Bertz CT molecular complexity index is 999. The maximum absolute atomic E-state index is 12.9. The third kappa shape index (κ3) is 3.42. The molecule has 2 heterocycles. The number of aromatic nitrogens is 4. The van der Waals surface area contributed by atoms with Gasteiger partial charge in [-0.3, -0.25) is 9.36 Å². The molecule has 0 unspecified atom stereocenters. The van der Waals surface area contributed by atoms with Crippen LogP contribution in [0, 0.1) is 5.92 Å². The van der Waals surface area contributed by atoms with Crippen molar-refractivity contribution in [1.82, 2.24) is 18.8 Å². The zero-order chi connectivity index (χ0) is 18.7. The molecule has 0 aliphatic heterocycles. The molecular weight excluding hydrogens is 332 g/mol. The van der Waals surface area contributed by atoms with Crippen molar-refractivity contribution in [2.24, 2.45) is 5.92 Å². The van der Waals surface area contributed by atoms with Gasteiger partial charge in [0.05, 0.1) is 6.33 Å². The van der Waals surface area contributed by atoms with Crippen LogP contribution in [0.5, 0.6) is 0 Å². The number of hydrogen-bond donors (Lipinski definition) is 0. The van der Waals surface area contributed by atoms with Gasteiger partial charge in [0.2, 0.25) is 0 Å². The third-order valence-corrected chi connectivity index (χ3v) is 4.03. The van der Waals surface area contributed by atoms with Crippen molar-refractivity contribution in [3.8, 4) is 0 Å². The summed E-state index contributed by atoms with van der Waals surface area (Å²) in [6.07, 6.45) is 2.32. The van der Waals surface area contributed by atoms with Crippen LogP contribution in [-0.4, -0.2) is 25.5 Å². The summed E-state index contributed by atoms with van der Waals surface area (Å²) in [7, 11) is 0. The van der Waals surface area contributed by atoms with E-state index in [2.05, 4.69) is 4.98 Å². The molecule has 3 aromatic rings. The molecule has 0 amide bonds. The van der Waals surface area contributed by atoms with E-state index in [0.29, 0.717) is 37.3 Å². The monoisotopic (exact) mass is 356 g/mol. The summed E-state index contributed by atoms with van der Waals surface area (Å²) in [5.41, 5.74) is 0.890. The van der Waals surface area contributed by atoms with Gasteiger partial charge in [-0.2, -0.15) is 0 Å². The van der Waals surface area contributed by atoms with Gasteiger partial charge in [-0.25, -0.2) is 9.78 Å².